The summed E-state index contributed by atoms with van der Waals surface area (Å²) in [5, 5.41) is 0.154. The molecule has 0 radical (unpaired) electrons. The quantitative estimate of drug-likeness (QED) is 0.732. The number of aromatic nitrogens is 2. The third kappa shape index (κ3) is 3.90. The van der Waals surface area contributed by atoms with E-state index in [9.17, 15) is 9.18 Å². The van der Waals surface area contributed by atoms with Crippen molar-refractivity contribution in [2.45, 2.75) is 18.8 Å². The van der Waals surface area contributed by atoms with Crippen LogP contribution in [-0.4, -0.2) is 40.5 Å². The van der Waals surface area contributed by atoms with Gasteiger partial charge in [-0.2, -0.15) is 0 Å². The van der Waals surface area contributed by atoms with Crippen molar-refractivity contribution in [3.05, 3.63) is 59.1 Å². The molecule has 1 aliphatic rings. The maximum atomic E-state index is 13.1. The highest BCUT2D eigenvalue weighted by molar-refractivity contribution is 6.32. The van der Waals surface area contributed by atoms with Crippen LogP contribution in [0.1, 0.15) is 24.6 Å². The van der Waals surface area contributed by atoms with Crippen LogP contribution in [0.25, 0.3) is 11.0 Å². The van der Waals surface area contributed by atoms with Gasteiger partial charge in [0.1, 0.15) is 17.4 Å². The number of H-pyrrole nitrogens is 1. The summed E-state index contributed by atoms with van der Waals surface area (Å²) in [6.07, 6.45) is 1.89. The van der Waals surface area contributed by atoms with Crippen LogP contribution >= 0.6 is 11.6 Å². The molecule has 2 aromatic carbocycles. The number of nitrogens with zero attached hydrogens (tertiary/aromatic N) is 2. The molecule has 7 heteroatoms. The Kier molecular flexibility index (Phi) is 4.99. The van der Waals surface area contributed by atoms with E-state index in [1.54, 1.807) is 4.90 Å². The molecular weight excluding hydrogens is 369 g/mol. The fraction of sp³-hybridized carbons (Fsp3) is 0.300. The maximum absolute atomic E-state index is 13.1. The lowest BCUT2D eigenvalue weighted by atomic mass is 9.97. The number of hydrogen-bond acceptors (Lipinski definition) is 3. The summed E-state index contributed by atoms with van der Waals surface area (Å²) in [7, 11) is 0. The standard InChI is InChI=1S/C20H19ClFN3O2/c21-15-10-14(22)7-8-18(15)27-12-19(26)25-9-3-4-13(11-25)20-23-16-5-1-2-6-17(16)24-20/h1-2,5-8,10,13H,3-4,9,11-12H2,(H,23,24). The smallest absolute Gasteiger partial charge is 0.260 e. The molecule has 3 aromatic rings. The van der Waals surface area contributed by atoms with Crippen molar-refractivity contribution >= 4 is 28.5 Å². The summed E-state index contributed by atoms with van der Waals surface area (Å²) < 4.78 is 18.6. The Hall–Kier alpha value is -2.60. The molecule has 27 heavy (non-hydrogen) atoms. The minimum Gasteiger partial charge on any atom is -0.482 e. The van der Waals surface area contributed by atoms with E-state index in [2.05, 4.69) is 9.97 Å². The number of ether oxygens (including phenoxy) is 1. The molecule has 1 aliphatic heterocycles. The Morgan fingerprint density at radius 2 is 2.19 bits per heavy atom. The Labute approximate surface area is 161 Å². The zero-order chi connectivity index (χ0) is 18.8. The third-order valence-corrected chi connectivity index (χ3v) is 5.11. The van der Waals surface area contributed by atoms with Gasteiger partial charge in [0.05, 0.1) is 16.1 Å². The molecule has 4 rings (SSSR count). The fourth-order valence-electron chi connectivity index (χ4n) is 3.42. The van der Waals surface area contributed by atoms with Gasteiger partial charge in [-0.15, -0.1) is 0 Å². The molecule has 1 atom stereocenters. The number of piperidine rings is 1. The Balaban J connectivity index is 1.40. The molecule has 1 saturated heterocycles. The minimum atomic E-state index is -0.441. The molecule has 5 nitrogen and oxygen atoms in total. The van der Waals surface area contributed by atoms with Crippen LogP contribution in [0.15, 0.2) is 42.5 Å². The van der Waals surface area contributed by atoms with Crippen molar-refractivity contribution in [2.24, 2.45) is 0 Å². The van der Waals surface area contributed by atoms with Crippen LogP contribution in [0, 0.1) is 5.82 Å². The Morgan fingerprint density at radius 3 is 3.00 bits per heavy atom. The number of halogens is 2. The molecular formula is C20H19ClFN3O2. The van der Waals surface area contributed by atoms with Gasteiger partial charge in [0.15, 0.2) is 6.61 Å². The van der Waals surface area contributed by atoms with E-state index in [1.807, 2.05) is 24.3 Å². The molecule has 140 valence electrons. The van der Waals surface area contributed by atoms with Crippen molar-refractivity contribution in [3.63, 3.8) is 0 Å². The van der Waals surface area contributed by atoms with E-state index in [0.29, 0.717) is 18.8 Å². The molecule has 0 saturated carbocycles. The number of amides is 1. The van der Waals surface area contributed by atoms with Gasteiger partial charge in [0.25, 0.3) is 5.91 Å². The summed E-state index contributed by atoms with van der Waals surface area (Å²) in [6, 6.07) is 11.8. The van der Waals surface area contributed by atoms with Crippen LogP contribution in [0.5, 0.6) is 5.75 Å². The van der Waals surface area contributed by atoms with E-state index < -0.39 is 5.82 Å². The third-order valence-electron chi connectivity index (χ3n) is 4.81. The second-order valence-corrected chi connectivity index (χ2v) is 7.09. The molecule has 0 spiro atoms. The Bertz CT molecular complexity index is 942. The van der Waals surface area contributed by atoms with Crippen LogP contribution in [-0.2, 0) is 4.79 Å². The number of hydrogen-bond donors (Lipinski definition) is 1. The van der Waals surface area contributed by atoms with Gasteiger partial charge < -0.3 is 14.6 Å². The number of fused-ring (bicyclic) bond motifs is 1. The maximum Gasteiger partial charge on any atom is 0.260 e. The first-order chi connectivity index (χ1) is 13.1. The summed E-state index contributed by atoms with van der Waals surface area (Å²) in [4.78, 5) is 22.4. The lowest BCUT2D eigenvalue weighted by molar-refractivity contribution is -0.134. The van der Waals surface area contributed by atoms with Crippen LogP contribution in [0.4, 0.5) is 4.39 Å². The first-order valence-electron chi connectivity index (χ1n) is 8.90. The van der Waals surface area contributed by atoms with Crippen molar-refractivity contribution < 1.29 is 13.9 Å². The minimum absolute atomic E-state index is 0.115. The summed E-state index contributed by atoms with van der Waals surface area (Å²) in [6.45, 7) is 1.16. The van der Waals surface area contributed by atoms with Crippen molar-refractivity contribution in [3.8, 4) is 5.75 Å². The number of nitrogens with one attached hydrogen (secondary N) is 1. The van der Waals surface area contributed by atoms with Gasteiger partial charge in [0.2, 0.25) is 0 Å². The zero-order valence-electron chi connectivity index (χ0n) is 14.6. The summed E-state index contributed by atoms with van der Waals surface area (Å²) in [5.41, 5.74) is 1.94. The van der Waals surface area contributed by atoms with Crippen LogP contribution in [0.3, 0.4) is 0 Å². The molecule has 1 fully saturated rings. The summed E-state index contributed by atoms with van der Waals surface area (Å²) in [5.74, 6) is 0.831. The van der Waals surface area contributed by atoms with E-state index in [-0.39, 0.29) is 23.5 Å². The first-order valence-corrected chi connectivity index (χ1v) is 9.28. The molecule has 0 aliphatic carbocycles. The van der Waals surface area contributed by atoms with Gasteiger partial charge in [0, 0.05) is 19.0 Å². The highest BCUT2D eigenvalue weighted by Gasteiger charge is 2.27. The average Bonchev–Trinajstić information content (AvgIpc) is 3.11. The lowest BCUT2D eigenvalue weighted by Gasteiger charge is -2.31. The number of benzene rings is 2. The second-order valence-electron chi connectivity index (χ2n) is 6.68. The SMILES string of the molecule is O=C(COc1ccc(F)cc1Cl)N1CCCC(c2nc3ccccc3[nH]2)C1. The van der Waals surface area contributed by atoms with E-state index in [4.69, 9.17) is 16.3 Å². The molecule has 1 unspecified atom stereocenters. The Morgan fingerprint density at radius 1 is 1.33 bits per heavy atom. The van der Waals surface area contributed by atoms with E-state index >= 15 is 0 Å². The van der Waals surface area contributed by atoms with E-state index in [0.717, 1.165) is 29.7 Å². The van der Waals surface area contributed by atoms with Gasteiger partial charge in [-0.1, -0.05) is 23.7 Å². The molecule has 0 bridgehead atoms. The predicted molar refractivity (Wildman–Crippen MR) is 102 cm³/mol. The highest BCUT2D eigenvalue weighted by Crippen LogP contribution is 2.28. The number of para-hydroxylation sites is 2. The predicted octanol–water partition coefficient (Wildman–Crippen LogP) is 4.14. The van der Waals surface area contributed by atoms with Crippen LogP contribution in [0.2, 0.25) is 5.02 Å². The first kappa shape index (κ1) is 17.8. The van der Waals surface area contributed by atoms with Crippen molar-refractivity contribution in [1.29, 1.82) is 0 Å². The highest BCUT2D eigenvalue weighted by atomic mass is 35.5. The van der Waals surface area contributed by atoms with Gasteiger partial charge in [-0.05, 0) is 43.2 Å². The number of carbonyl (C=O) groups is 1. The number of imidazole rings is 1. The zero-order valence-corrected chi connectivity index (χ0v) is 15.4. The van der Waals surface area contributed by atoms with Crippen molar-refractivity contribution in [2.75, 3.05) is 19.7 Å². The average molecular weight is 388 g/mol. The second kappa shape index (κ2) is 7.56. The molecule has 1 aromatic heterocycles. The number of aromatic amines is 1. The molecule has 1 N–H and O–H groups in total. The summed E-state index contributed by atoms with van der Waals surface area (Å²) >= 11 is 5.94. The van der Waals surface area contributed by atoms with E-state index in [1.165, 1.54) is 18.2 Å². The van der Waals surface area contributed by atoms with Gasteiger partial charge >= 0.3 is 0 Å². The van der Waals surface area contributed by atoms with Gasteiger partial charge in [-0.3, -0.25) is 4.79 Å². The number of rotatable bonds is 4. The normalized spacial score (nSPS) is 17.3. The van der Waals surface area contributed by atoms with Crippen LogP contribution < -0.4 is 4.74 Å². The van der Waals surface area contributed by atoms with Gasteiger partial charge in [-0.25, -0.2) is 9.37 Å². The molecule has 1 amide bonds. The van der Waals surface area contributed by atoms with Crippen molar-refractivity contribution in [1.82, 2.24) is 14.9 Å². The lowest BCUT2D eigenvalue weighted by Crippen LogP contribution is -2.41. The number of likely N-dealkylation sites (tertiary alicyclic amines) is 1. The number of carbonyl (C=O) groups excluding carboxylic acids is 1. The monoisotopic (exact) mass is 387 g/mol. The molecule has 2 heterocycles. The largest absolute Gasteiger partial charge is 0.482 e. The topological polar surface area (TPSA) is 58.2 Å². The fourth-order valence-corrected chi connectivity index (χ4v) is 3.64.